The Kier molecular flexibility index (Phi) is 6.07. The highest BCUT2D eigenvalue weighted by molar-refractivity contribution is 6.30. The monoisotopic (exact) mass is 287 g/mol. The minimum Gasteiger partial charge on any atom is -0.366 e. The summed E-state index contributed by atoms with van der Waals surface area (Å²) in [5, 5.41) is 11.8. The fourth-order valence-electron chi connectivity index (χ4n) is 1.09. The fraction of sp³-hybridized carbons (Fsp3) is 0.273. The number of carbonyl (C=O) groups excluding carboxylic acids is 2. The Labute approximate surface area is 114 Å². The van der Waals surface area contributed by atoms with E-state index in [1.165, 1.54) is 19.2 Å². The summed E-state index contributed by atoms with van der Waals surface area (Å²) >= 11 is 5.68. The Morgan fingerprint density at radius 1 is 1.32 bits per heavy atom. The van der Waals surface area contributed by atoms with Crippen LogP contribution in [0.15, 0.2) is 24.3 Å². The van der Waals surface area contributed by atoms with Crippen LogP contribution in [0.4, 0.5) is 4.79 Å². The van der Waals surface area contributed by atoms with E-state index < -0.39 is 18.2 Å². The average Bonchev–Trinajstić information content (AvgIpc) is 2.42. The third-order valence-corrected chi connectivity index (χ3v) is 2.36. The smallest absolute Gasteiger partial charge is 0.333 e. The summed E-state index contributed by atoms with van der Waals surface area (Å²) in [6.07, 6.45) is -1.10. The molecule has 0 bridgehead atoms. The van der Waals surface area contributed by atoms with Crippen LogP contribution in [0.3, 0.4) is 0 Å². The number of benzene rings is 1. The lowest BCUT2D eigenvalue weighted by molar-refractivity contribution is -0.0690. The topological polar surface area (TPSA) is 99.7 Å². The standard InChI is InChI=1S/C11H14ClN3O4/c1-19-9(16)6-13-11(18)15-14-10(17)7-2-4-8(12)5-3-7/h2-5,9,16H,6H2,1H3,(H,14,17)(H2,13,15,18). The maximum absolute atomic E-state index is 11.6. The average molecular weight is 288 g/mol. The summed E-state index contributed by atoms with van der Waals surface area (Å²) in [5.74, 6) is -0.487. The molecule has 0 spiro atoms. The molecule has 1 aromatic carbocycles. The van der Waals surface area contributed by atoms with E-state index in [-0.39, 0.29) is 6.54 Å². The molecule has 1 rings (SSSR count). The zero-order chi connectivity index (χ0) is 14.3. The number of hydrazine groups is 1. The maximum Gasteiger partial charge on any atom is 0.333 e. The molecule has 0 saturated carbocycles. The molecule has 1 unspecified atom stereocenters. The molecule has 0 fully saturated rings. The lowest BCUT2D eigenvalue weighted by Gasteiger charge is -2.11. The van der Waals surface area contributed by atoms with Crippen LogP contribution in [-0.2, 0) is 4.74 Å². The number of halogens is 1. The first-order valence-electron chi connectivity index (χ1n) is 5.33. The van der Waals surface area contributed by atoms with Gasteiger partial charge in [-0.15, -0.1) is 0 Å². The largest absolute Gasteiger partial charge is 0.366 e. The van der Waals surface area contributed by atoms with Crippen molar-refractivity contribution in [1.82, 2.24) is 16.2 Å². The predicted octanol–water partition coefficient (Wildman–Crippen LogP) is 0.249. The summed E-state index contributed by atoms with van der Waals surface area (Å²) < 4.78 is 4.52. The highest BCUT2D eigenvalue weighted by atomic mass is 35.5. The van der Waals surface area contributed by atoms with E-state index in [1.807, 2.05) is 0 Å². The molecule has 104 valence electrons. The van der Waals surface area contributed by atoms with Crippen LogP contribution in [0, 0.1) is 0 Å². The van der Waals surface area contributed by atoms with Gasteiger partial charge in [-0.2, -0.15) is 0 Å². The van der Waals surface area contributed by atoms with Crippen LogP contribution in [-0.4, -0.2) is 37.0 Å². The van der Waals surface area contributed by atoms with Crippen molar-refractivity contribution >= 4 is 23.5 Å². The van der Waals surface area contributed by atoms with Crippen molar-refractivity contribution in [3.05, 3.63) is 34.9 Å². The normalized spacial score (nSPS) is 11.5. The molecule has 0 aliphatic heterocycles. The third kappa shape index (κ3) is 5.56. The van der Waals surface area contributed by atoms with Gasteiger partial charge in [-0.25, -0.2) is 10.2 Å². The number of hydrogen-bond acceptors (Lipinski definition) is 4. The van der Waals surface area contributed by atoms with Gasteiger partial charge >= 0.3 is 6.03 Å². The van der Waals surface area contributed by atoms with Crippen LogP contribution in [0.2, 0.25) is 5.02 Å². The molecule has 1 atom stereocenters. The highest BCUT2D eigenvalue weighted by Crippen LogP contribution is 2.08. The van der Waals surface area contributed by atoms with E-state index in [9.17, 15) is 9.59 Å². The number of nitrogens with one attached hydrogen (secondary N) is 3. The molecule has 0 aliphatic rings. The molecule has 1 aromatic rings. The van der Waals surface area contributed by atoms with Gasteiger partial charge < -0.3 is 15.2 Å². The van der Waals surface area contributed by atoms with Gasteiger partial charge in [0.25, 0.3) is 5.91 Å². The Balaban J connectivity index is 2.34. The number of carbonyl (C=O) groups is 2. The van der Waals surface area contributed by atoms with Crippen LogP contribution in [0.1, 0.15) is 10.4 Å². The number of ether oxygens (including phenoxy) is 1. The molecular weight excluding hydrogens is 274 g/mol. The van der Waals surface area contributed by atoms with Gasteiger partial charge in [0.1, 0.15) is 0 Å². The number of amides is 3. The van der Waals surface area contributed by atoms with Crippen LogP contribution >= 0.6 is 11.6 Å². The molecule has 8 heteroatoms. The quantitative estimate of drug-likeness (QED) is 0.471. The molecule has 0 heterocycles. The first-order valence-corrected chi connectivity index (χ1v) is 5.71. The number of hydrogen-bond donors (Lipinski definition) is 4. The van der Waals surface area contributed by atoms with Crippen molar-refractivity contribution < 1.29 is 19.4 Å². The Morgan fingerprint density at radius 2 is 1.95 bits per heavy atom. The second-order valence-electron chi connectivity index (χ2n) is 3.49. The number of urea groups is 1. The second kappa shape index (κ2) is 7.57. The van der Waals surface area contributed by atoms with E-state index in [1.54, 1.807) is 12.1 Å². The summed E-state index contributed by atoms with van der Waals surface area (Å²) in [7, 11) is 1.30. The van der Waals surface area contributed by atoms with Crippen LogP contribution in [0.25, 0.3) is 0 Å². The summed E-state index contributed by atoms with van der Waals surface area (Å²) in [5.41, 5.74) is 4.67. The maximum atomic E-state index is 11.6. The van der Waals surface area contributed by atoms with Gasteiger partial charge in [-0.05, 0) is 24.3 Å². The molecule has 0 aliphatic carbocycles. The SMILES string of the molecule is COC(O)CNC(=O)NNC(=O)c1ccc(Cl)cc1. The van der Waals surface area contributed by atoms with Crippen LogP contribution in [0.5, 0.6) is 0 Å². The highest BCUT2D eigenvalue weighted by Gasteiger charge is 2.08. The Bertz CT molecular complexity index is 438. The molecule has 0 aromatic heterocycles. The lowest BCUT2D eigenvalue weighted by Crippen LogP contribution is -2.48. The lowest BCUT2D eigenvalue weighted by atomic mass is 10.2. The first-order chi connectivity index (χ1) is 9.02. The van der Waals surface area contributed by atoms with Crippen molar-refractivity contribution in [3.63, 3.8) is 0 Å². The first kappa shape index (κ1) is 15.2. The van der Waals surface area contributed by atoms with E-state index in [0.717, 1.165) is 0 Å². The molecule has 4 N–H and O–H groups in total. The van der Waals surface area contributed by atoms with E-state index in [4.69, 9.17) is 16.7 Å². The summed E-state index contributed by atoms with van der Waals surface area (Å²) in [6.45, 7) is -0.0981. The fourth-order valence-corrected chi connectivity index (χ4v) is 1.22. The predicted molar refractivity (Wildman–Crippen MR) is 68.5 cm³/mol. The summed E-state index contributed by atoms with van der Waals surface area (Å²) in [6, 6.07) is 5.49. The molecule has 3 amide bonds. The molecular formula is C11H14ClN3O4. The molecule has 0 radical (unpaired) electrons. The van der Waals surface area contributed by atoms with Crippen LogP contribution < -0.4 is 16.2 Å². The molecule has 7 nitrogen and oxygen atoms in total. The zero-order valence-corrected chi connectivity index (χ0v) is 10.9. The number of rotatable bonds is 4. The zero-order valence-electron chi connectivity index (χ0n) is 10.1. The minimum atomic E-state index is -1.10. The number of aliphatic hydroxyl groups excluding tert-OH is 1. The number of aliphatic hydroxyl groups is 1. The Hall–Kier alpha value is -1.83. The van der Waals surface area contributed by atoms with Crippen molar-refractivity contribution in [1.29, 1.82) is 0 Å². The van der Waals surface area contributed by atoms with Gasteiger partial charge in [0.2, 0.25) is 0 Å². The van der Waals surface area contributed by atoms with Gasteiger partial charge in [-0.3, -0.25) is 10.2 Å². The van der Waals surface area contributed by atoms with Gasteiger partial charge in [0.15, 0.2) is 6.29 Å². The van der Waals surface area contributed by atoms with Gasteiger partial charge in [0, 0.05) is 17.7 Å². The van der Waals surface area contributed by atoms with E-state index >= 15 is 0 Å². The van der Waals surface area contributed by atoms with E-state index in [0.29, 0.717) is 10.6 Å². The van der Waals surface area contributed by atoms with Crippen molar-refractivity contribution in [2.24, 2.45) is 0 Å². The van der Waals surface area contributed by atoms with Gasteiger partial charge in [0.05, 0.1) is 6.54 Å². The molecule has 0 saturated heterocycles. The van der Waals surface area contributed by atoms with Gasteiger partial charge in [-0.1, -0.05) is 11.6 Å². The third-order valence-electron chi connectivity index (χ3n) is 2.11. The minimum absolute atomic E-state index is 0.0981. The van der Waals surface area contributed by atoms with Crippen molar-refractivity contribution in [2.75, 3.05) is 13.7 Å². The van der Waals surface area contributed by atoms with Crippen molar-refractivity contribution in [3.8, 4) is 0 Å². The summed E-state index contributed by atoms with van der Waals surface area (Å²) in [4.78, 5) is 22.8. The number of methoxy groups -OCH3 is 1. The van der Waals surface area contributed by atoms with Crippen molar-refractivity contribution in [2.45, 2.75) is 6.29 Å². The van der Waals surface area contributed by atoms with E-state index in [2.05, 4.69) is 20.9 Å². The Morgan fingerprint density at radius 3 is 2.53 bits per heavy atom. The molecule has 19 heavy (non-hydrogen) atoms. The second-order valence-corrected chi connectivity index (χ2v) is 3.92.